The van der Waals surface area contributed by atoms with Gasteiger partial charge in [0.05, 0.1) is 6.33 Å². The first-order valence-electron chi connectivity index (χ1n) is 9.60. The van der Waals surface area contributed by atoms with Crippen molar-refractivity contribution in [3.05, 3.63) is 48.3 Å². The number of carbonyl (C=O) groups is 1. The van der Waals surface area contributed by atoms with Gasteiger partial charge in [0.2, 0.25) is 5.91 Å². The third-order valence-corrected chi connectivity index (χ3v) is 5.80. The quantitative estimate of drug-likeness (QED) is 0.895. The standard InChI is InChI=1S/C20H27N5O/c26-19-5-8-20(15-25(19)11-6-17-4-1-2-9-22-17)7-3-10-24(14-20)13-18-12-21-16-23-18/h1-2,4,9,12,16H,3,5-8,10-11,13-15H2,(H,21,23)/t20-/m1/s1. The van der Waals surface area contributed by atoms with Crippen LogP contribution in [0.25, 0.3) is 0 Å². The first-order chi connectivity index (χ1) is 12.7. The molecule has 2 aromatic heterocycles. The summed E-state index contributed by atoms with van der Waals surface area (Å²) in [7, 11) is 0. The Hall–Kier alpha value is -2.21. The molecule has 1 atom stereocenters. The molecule has 0 aliphatic carbocycles. The van der Waals surface area contributed by atoms with Crippen molar-refractivity contribution in [1.29, 1.82) is 0 Å². The molecule has 6 heteroatoms. The Morgan fingerprint density at radius 2 is 2.19 bits per heavy atom. The summed E-state index contributed by atoms with van der Waals surface area (Å²) in [5, 5.41) is 0. The van der Waals surface area contributed by atoms with Crippen molar-refractivity contribution in [2.75, 3.05) is 26.2 Å². The van der Waals surface area contributed by atoms with E-state index in [0.717, 1.165) is 51.3 Å². The van der Waals surface area contributed by atoms with E-state index in [1.54, 1.807) is 6.33 Å². The molecule has 0 unspecified atom stereocenters. The van der Waals surface area contributed by atoms with Crippen molar-refractivity contribution in [3.63, 3.8) is 0 Å². The molecule has 2 aromatic rings. The van der Waals surface area contributed by atoms with Crippen molar-refractivity contribution >= 4 is 5.91 Å². The highest BCUT2D eigenvalue weighted by atomic mass is 16.2. The number of aromatic amines is 1. The van der Waals surface area contributed by atoms with Crippen molar-refractivity contribution in [1.82, 2.24) is 24.8 Å². The van der Waals surface area contributed by atoms with Gasteiger partial charge in [-0.1, -0.05) is 6.07 Å². The highest BCUT2D eigenvalue weighted by Crippen LogP contribution is 2.39. The van der Waals surface area contributed by atoms with Crippen LogP contribution in [0.3, 0.4) is 0 Å². The SMILES string of the molecule is O=C1CC[C@@]2(CCCN(Cc3cnc[nH]3)C2)CN1CCc1ccccn1. The average molecular weight is 353 g/mol. The van der Waals surface area contributed by atoms with Crippen LogP contribution in [0.4, 0.5) is 0 Å². The van der Waals surface area contributed by atoms with Crippen LogP contribution in [0.2, 0.25) is 0 Å². The lowest BCUT2D eigenvalue weighted by atomic mass is 9.73. The van der Waals surface area contributed by atoms with Gasteiger partial charge in [0.15, 0.2) is 0 Å². The number of amides is 1. The van der Waals surface area contributed by atoms with Crippen LogP contribution >= 0.6 is 0 Å². The lowest BCUT2D eigenvalue weighted by molar-refractivity contribution is -0.139. The zero-order valence-electron chi connectivity index (χ0n) is 15.2. The molecule has 1 amide bonds. The number of aromatic nitrogens is 3. The predicted octanol–water partition coefficient (Wildman–Crippen LogP) is 2.25. The number of pyridine rings is 1. The Morgan fingerprint density at radius 3 is 3.00 bits per heavy atom. The minimum absolute atomic E-state index is 0.246. The molecule has 2 aliphatic heterocycles. The number of carbonyl (C=O) groups excluding carboxylic acids is 1. The molecule has 2 saturated heterocycles. The summed E-state index contributed by atoms with van der Waals surface area (Å²) in [6, 6.07) is 5.98. The Bertz CT molecular complexity index is 717. The summed E-state index contributed by atoms with van der Waals surface area (Å²) in [4.78, 5) is 28.8. The number of rotatable bonds is 5. The van der Waals surface area contributed by atoms with Crippen LogP contribution in [-0.4, -0.2) is 56.8 Å². The minimum atomic E-state index is 0.246. The van der Waals surface area contributed by atoms with Gasteiger partial charge in [-0.05, 0) is 37.9 Å². The van der Waals surface area contributed by atoms with E-state index in [1.165, 1.54) is 18.5 Å². The first-order valence-corrected chi connectivity index (χ1v) is 9.60. The molecular formula is C20H27N5O. The number of likely N-dealkylation sites (tertiary alicyclic amines) is 2. The molecule has 26 heavy (non-hydrogen) atoms. The van der Waals surface area contributed by atoms with Gasteiger partial charge in [-0.3, -0.25) is 14.7 Å². The molecule has 4 heterocycles. The fourth-order valence-corrected chi connectivity index (χ4v) is 4.49. The normalized spacial score (nSPS) is 24.3. The fraction of sp³-hybridized carbons (Fsp3) is 0.550. The molecule has 0 saturated carbocycles. The van der Waals surface area contributed by atoms with Crippen molar-refractivity contribution in [2.24, 2.45) is 5.41 Å². The van der Waals surface area contributed by atoms with Gasteiger partial charge in [0, 0.05) is 68.2 Å². The summed E-state index contributed by atoms with van der Waals surface area (Å²) in [6.45, 7) is 4.78. The lowest BCUT2D eigenvalue weighted by Gasteiger charge is -2.48. The Morgan fingerprint density at radius 1 is 1.23 bits per heavy atom. The summed E-state index contributed by atoms with van der Waals surface area (Å²) in [5.41, 5.74) is 2.47. The number of imidazole rings is 1. The Balaban J connectivity index is 1.38. The molecule has 138 valence electrons. The highest BCUT2D eigenvalue weighted by Gasteiger charge is 2.41. The number of nitrogens with one attached hydrogen (secondary N) is 1. The van der Waals surface area contributed by atoms with Crippen LogP contribution in [-0.2, 0) is 17.8 Å². The van der Waals surface area contributed by atoms with E-state index in [9.17, 15) is 4.79 Å². The Kier molecular flexibility index (Phi) is 5.02. The van der Waals surface area contributed by atoms with Gasteiger partial charge in [-0.25, -0.2) is 4.98 Å². The van der Waals surface area contributed by atoms with Gasteiger partial charge in [0.25, 0.3) is 0 Å². The van der Waals surface area contributed by atoms with E-state index in [1.807, 2.05) is 30.6 Å². The molecule has 1 spiro atoms. The monoisotopic (exact) mass is 353 g/mol. The second-order valence-electron chi connectivity index (χ2n) is 7.78. The largest absolute Gasteiger partial charge is 0.347 e. The van der Waals surface area contributed by atoms with Crippen molar-refractivity contribution in [2.45, 2.75) is 38.6 Å². The van der Waals surface area contributed by atoms with E-state index in [4.69, 9.17) is 0 Å². The van der Waals surface area contributed by atoms with Gasteiger partial charge in [-0.2, -0.15) is 0 Å². The zero-order valence-corrected chi connectivity index (χ0v) is 15.2. The topological polar surface area (TPSA) is 65.1 Å². The van der Waals surface area contributed by atoms with Gasteiger partial charge in [0.1, 0.15) is 0 Å². The number of hydrogen-bond donors (Lipinski definition) is 1. The van der Waals surface area contributed by atoms with Crippen LogP contribution in [0.15, 0.2) is 36.9 Å². The summed E-state index contributed by atoms with van der Waals surface area (Å²) in [5.74, 6) is 0.303. The van der Waals surface area contributed by atoms with E-state index in [0.29, 0.717) is 12.3 Å². The first kappa shape index (κ1) is 17.2. The van der Waals surface area contributed by atoms with E-state index in [-0.39, 0.29) is 5.41 Å². The van der Waals surface area contributed by atoms with Gasteiger partial charge < -0.3 is 9.88 Å². The summed E-state index contributed by atoms with van der Waals surface area (Å²) >= 11 is 0. The second kappa shape index (κ2) is 7.58. The zero-order chi connectivity index (χ0) is 17.8. The molecular weight excluding hydrogens is 326 g/mol. The summed E-state index contributed by atoms with van der Waals surface area (Å²) < 4.78 is 0. The van der Waals surface area contributed by atoms with Gasteiger partial charge in [-0.15, -0.1) is 0 Å². The fourth-order valence-electron chi connectivity index (χ4n) is 4.49. The molecule has 2 fully saturated rings. The molecule has 0 bridgehead atoms. The third kappa shape index (κ3) is 3.96. The van der Waals surface area contributed by atoms with Crippen molar-refractivity contribution < 1.29 is 4.79 Å². The maximum Gasteiger partial charge on any atom is 0.222 e. The average Bonchev–Trinajstić information content (AvgIpc) is 3.17. The molecule has 0 aromatic carbocycles. The van der Waals surface area contributed by atoms with Crippen LogP contribution in [0, 0.1) is 5.41 Å². The molecule has 2 aliphatic rings. The van der Waals surface area contributed by atoms with Crippen LogP contribution < -0.4 is 0 Å². The minimum Gasteiger partial charge on any atom is -0.347 e. The molecule has 6 nitrogen and oxygen atoms in total. The lowest BCUT2D eigenvalue weighted by Crippen LogP contribution is -2.54. The third-order valence-electron chi connectivity index (χ3n) is 5.80. The van der Waals surface area contributed by atoms with E-state index >= 15 is 0 Å². The van der Waals surface area contributed by atoms with Crippen molar-refractivity contribution in [3.8, 4) is 0 Å². The second-order valence-corrected chi connectivity index (χ2v) is 7.78. The van der Waals surface area contributed by atoms with Crippen LogP contribution in [0.5, 0.6) is 0 Å². The maximum absolute atomic E-state index is 12.5. The molecule has 1 N–H and O–H groups in total. The molecule has 4 rings (SSSR count). The Labute approximate surface area is 154 Å². The smallest absolute Gasteiger partial charge is 0.222 e. The number of hydrogen-bond acceptors (Lipinski definition) is 4. The summed E-state index contributed by atoms with van der Waals surface area (Å²) in [6.07, 6.45) is 10.4. The van der Waals surface area contributed by atoms with E-state index in [2.05, 4.69) is 24.8 Å². The van der Waals surface area contributed by atoms with Gasteiger partial charge >= 0.3 is 0 Å². The maximum atomic E-state index is 12.5. The highest BCUT2D eigenvalue weighted by molar-refractivity contribution is 5.77. The number of nitrogens with zero attached hydrogens (tertiary/aromatic N) is 4. The van der Waals surface area contributed by atoms with Crippen LogP contribution in [0.1, 0.15) is 37.1 Å². The number of H-pyrrole nitrogens is 1. The molecule has 0 radical (unpaired) electrons. The predicted molar refractivity (Wildman–Crippen MR) is 99.3 cm³/mol. The number of piperidine rings is 2. The van der Waals surface area contributed by atoms with E-state index < -0.39 is 0 Å².